The summed E-state index contributed by atoms with van der Waals surface area (Å²) in [5, 5.41) is 0. The molecule has 1 heterocycles. The third-order valence-corrected chi connectivity index (χ3v) is 1.89. The lowest BCUT2D eigenvalue weighted by Gasteiger charge is -2.06. The maximum absolute atomic E-state index is 13.2. The number of hydrogen-bond acceptors (Lipinski definition) is 2. The van der Waals surface area contributed by atoms with E-state index >= 15 is 0 Å². The molecule has 14 heavy (non-hydrogen) atoms. The van der Waals surface area contributed by atoms with Gasteiger partial charge in [0.15, 0.2) is 12.1 Å². The number of halogens is 4. The molecule has 1 rings (SSSR count). The Morgan fingerprint density at radius 2 is 2.21 bits per heavy atom. The molecular weight excluding hydrogens is 219 g/mol. The highest BCUT2D eigenvalue weighted by atomic mass is 35.5. The Labute approximate surface area is 82.7 Å². The Morgan fingerprint density at radius 1 is 1.57 bits per heavy atom. The van der Waals surface area contributed by atoms with Crippen LogP contribution in [0, 0.1) is 5.82 Å². The van der Waals surface area contributed by atoms with E-state index in [4.69, 9.17) is 11.6 Å². The van der Waals surface area contributed by atoms with Crippen LogP contribution in [-0.4, -0.2) is 11.3 Å². The van der Waals surface area contributed by atoms with Crippen molar-refractivity contribution in [1.29, 1.82) is 0 Å². The summed E-state index contributed by atoms with van der Waals surface area (Å²) in [6.07, 6.45) is -2.04. The first kappa shape index (κ1) is 11.0. The number of aromatic nitrogens is 1. The molecule has 0 N–H and O–H groups in total. The van der Waals surface area contributed by atoms with Gasteiger partial charge >= 0.3 is 0 Å². The first-order valence-corrected chi connectivity index (χ1v) is 4.11. The summed E-state index contributed by atoms with van der Waals surface area (Å²) in [6.45, 7) is 0. The lowest BCUT2D eigenvalue weighted by atomic mass is 10.1. The van der Waals surface area contributed by atoms with E-state index < -0.39 is 23.4 Å². The van der Waals surface area contributed by atoms with Crippen LogP contribution in [0.2, 0.25) is 0 Å². The van der Waals surface area contributed by atoms with Crippen molar-refractivity contribution in [3.8, 4) is 0 Å². The summed E-state index contributed by atoms with van der Waals surface area (Å²) in [7, 11) is 0. The Hall–Kier alpha value is -1.10. The monoisotopic (exact) mass is 223 g/mol. The fourth-order valence-electron chi connectivity index (χ4n) is 0.965. The second-order valence-electron chi connectivity index (χ2n) is 2.44. The van der Waals surface area contributed by atoms with Gasteiger partial charge in [-0.1, -0.05) is 0 Å². The van der Waals surface area contributed by atoms with E-state index in [2.05, 4.69) is 4.98 Å². The number of nitrogens with zero attached hydrogens (tertiary/aromatic N) is 1. The molecule has 76 valence electrons. The van der Waals surface area contributed by atoms with Gasteiger partial charge < -0.3 is 0 Å². The van der Waals surface area contributed by atoms with E-state index in [-0.39, 0.29) is 17.9 Å². The highest BCUT2D eigenvalue weighted by Gasteiger charge is 2.21. The van der Waals surface area contributed by atoms with Gasteiger partial charge in [-0.2, -0.15) is 0 Å². The maximum Gasteiger partial charge on any atom is 0.267 e. The molecule has 0 atom stereocenters. The zero-order valence-corrected chi connectivity index (χ0v) is 7.56. The van der Waals surface area contributed by atoms with Crippen LogP contribution in [0.4, 0.5) is 13.2 Å². The molecule has 0 aromatic carbocycles. The summed E-state index contributed by atoms with van der Waals surface area (Å²) in [6, 6.07) is 0. The van der Waals surface area contributed by atoms with Gasteiger partial charge in [-0.05, 0) is 0 Å². The first-order valence-electron chi connectivity index (χ1n) is 3.58. The third-order valence-electron chi connectivity index (χ3n) is 1.63. The molecule has 0 fully saturated rings. The molecule has 0 amide bonds. The van der Waals surface area contributed by atoms with Crippen molar-refractivity contribution in [2.75, 3.05) is 0 Å². The number of rotatable bonds is 3. The minimum Gasteiger partial charge on any atom is -0.298 e. The lowest BCUT2D eigenvalue weighted by molar-refractivity contribution is 0.110. The van der Waals surface area contributed by atoms with Crippen LogP contribution in [0.25, 0.3) is 0 Å². The van der Waals surface area contributed by atoms with E-state index in [9.17, 15) is 18.0 Å². The molecule has 0 saturated carbocycles. The van der Waals surface area contributed by atoms with Crippen LogP contribution in [-0.2, 0) is 5.88 Å². The van der Waals surface area contributed by atoms with Gasteiger partial charge in [0.2, 0.25) is 0 Å². The average Bonchev–Trinajstić information content (AvgIpc) is 2.16. The van der Waals surface area contributed by atoms with Crippen molar-refractivity contribution in [3.63, 3.8) is 0 Å². The molecule has 0 spiro atoms. The van der Waals surface area contributed by atoms with Crippen molar-refractivity contribution >= 4 is 17.9 Å². The van der Waals surface area contributed by atoms with Crippen molar-refractivity contribution in [2.24, 2.45) is 0 Å². The van der Waals surface area contributed by atoms with E-state index in [1.54, 1.807) is 0 Å². The third kappa shape index (κ3) is 1.87. The van der Waals surface area contributed by atoms with Gasteiger partial charge in [0.05, 0.1) is 17.1 Å². The quantitative estimate of drug-likeness (QED) is 0.583. The zero-order valence-electron chi connectivity index (χ0n) is 6.81. The molecule has 0 aliphatic rings. The van der Waals surface area contributed by atoms with Crippen LogP contribution >= 0.6 is 11.6 Å². The van der Waals surface area contributed by atoms with Crippen LogP contribution in [0.3, 0.4) is 0 Å². The van der Waals surface area contributed by atoms with Crippen molar-refractivity contribution in [2.45, 2.75) is 12.3 Å². The number of aldehydes is 1. The predicted molar refractivity (Wildman–Crippen MR) is 44.1 cm³/mol. The van der Waals surface area contributed by atoms with E-state index in [0.717, 1.165) is 6.20 Å². The minimum absolute atomic E-state index is 0.135. The molecule has 1 aromatic rings. The van der Waals surface area contributed by atoms with Crippen molar-refractivity contribution < 1.29 is 18.0 Å². The Bertz CT molecular complexity index is 357. The fourth-order valence-corrected chi connectivity index (χ4v) is 1.15. The summed E-state index contributed by atoms with van der Waals surface area (Å²) in [5.74, 6) is -1.52. The van der Waals surface area contributed by atoms with Crippen LogP contribution in [0.15, 0.2) is 6.20 Å². The molecule has 0 radical (unpaired) electrons. The second kappa shape index (κ2) is 4.41. The van der Waals surface area contributed by atoms with Crippen LogP contribution in [0.1, 0.15) is 28.0 Å². The molecule has 0 bridgehead atoms. The normalized spacial score (nSPS) is 10.6. The molecule has 0 aliphatic carbocycles. The predicted octanol–water partition coefficient (Wildman–Crippen LogP) is 2.71. The number of carbonyl (C=O) groups is 1. The SMILES string of the molecule is O=Cc1cnc(CCl)c(F)c1C(F)F. The molecule has 2 nitrogen and oxygen atoms in total. The zero-order chi connectivity index (χ0) is 10.7. The largest absolute Gasteiger partial charge is 0.298 e. The van der Waals surface area contributed by atoms with Gasteiger partial charge in [0, 0.05) is 11.8 Å². The molecule has 0 saturated heterocycles. The van der Waals surface area contributed by atoms with Gasteiger partial charge in [-0.25, -0.2) is 13.2 Å². The molecule has 0 unspecified atom stereocenters. The van der Waals surface area contributed by atoms with E-state index in [1.165, 1.54) is 0 Å². The van der Waals surface area contributed by atoms with Crippen molar-refractivity contribution in [3.05, 3.63) is 28.8 Å². The number of alkyl halides is 3. The average molecular weight is 224 g/mol. The highest BCUT2D eigenvalue weighted by molar-refractivity contribution is 6.16. The Balaban J connectivity index is 3.38. The van der Waals surface area contributed by atoms with E-state index in [0.29, 0.717) is 0 Å². The van der Waals surface area contributed by atoms with E-state index in [1.807, 2.05) is 0 Å². The smallest absolute Gasteiger partial charge is 0.267 e. The summed E-state index contributed by atoms with van der Waals surface area (Å²) in [4.78, 5) is 13.7. The van der Waals surface area contributed by atoms with Gasteiger partial charge in [-0.3, -0.25) is 9.78 Å². The molecule has 0 aliphatic heterocycles. The highest BCUT2D eigenvalue weighted by Crippen LogP contribution is 2.26. The fraction of sp³-hybridized carbons (Fsp3) is 0.250. The number of pyridine rings is 1. The standard InChI is InChI=1S/C8H5ClF3NO/c9-1-5-7(10)6(8(11)12)4(3-14)2-13-5/h2-3,8H,1H2. The maximum atomic E-state index is 13.2. The van der Waals surface area contributed by atoms with Gasteiger partial charge in [0.1, 0.15) is 0 Å². The number of hydrogen-bond donors (Lipinski definition) is 0. The molecular formula is C8H5ClF3NO. The molecule has 6 heteroatoms. The van der Waals surface area contributed by atoms with Gasteiger partial charge in [-0.15, -0.1) is 11.6 Å². The van der Waals surface area contributed by atoms with Gasteiger partial charge in [0.25, 0.3) is 6.43 Å². The van der Waals surface area contributed by atoms with Crippen LogP contribution in [0.5, 0.6) is 0 Å². The minimum atomic E-state index is -3.06. The topological polar surface area (TPSA) is 30.0 Å². The summed E-state index contributed by atoms with van der Waals surface area (Å²) >= 11 is 5.27. The summed E-state index contributed by atoms with van der Waals surface area (Å²) in [5.41, 5.74) is -1.68. The van der Waals surface area contributed by atoms with Crippen molar-refractivity contribution in [1.82, 2.24) is 4.98 Å². The Morgan fingerprint density at radius 3 is 2.64 bits per heavy atom. The van der Waals surface area contributed by atoms with Crippen LogP contribution < -0.4 is 0 Å². The first-order chi connectivity index (χ1) is 6.61. The number of carbonyl (C=O) groups excluding carboxylic acids is 1. The summed E-state index contributed by atoms with van der Waals surface area (Å²) < 4.78 is 37.8. The lowest BCUT2D eigenvalue weighted by Crippen LogP contribution is -2.04. The Kier molecular flexibility index (Phi) is 3.46. The second-order valence-corrected chi connectivity index (χ2v) is 2.71. The molecule has 1 aromatic heterocycles.